The first-order valence-electron chi connectivity index (χ1n) is 6.78. The molecule has 2 amide bonds. The predicted octanol–water partition coefficient (Wildman–Crippen LogP) is 1.14. The number of carbonyl (C=O) groups excluding carboxylic acids is 2. The van der Waals surface area contributed by atoms with Crippen molar-refractivity contribution in [1.82, 2.24) is 15.6 Å². The molecule has 0 spiro atoms. The van der Waals surface area contributed by atoms with Crippen LogP contribution in [-0.2, 0) is 4.79 Å². The number of fused-ring (bicyclic) bond motifs is 1. The third-order valence-electron chi connectivity index (χ3n) is 3.00. The molecule has 110 valence electrons. The Bertz CT molecular complexity index is 670. The molecule has 0 radical (unpaired) electrons. The van der Waals surface area contributed by atoms with Crippen LogP contribution in [0.5, 0.6) is 0 Å². The number of carbonyl (C=O) groups is 2. The summed E-state index contributed by atoms with van der Waals surface area (Å²) in [5, 5.41) is 8.94. The fraction of sp³-hybridized carbons (Fsp3) is 0.267. The summed E-state index contributed by atoms with van der Waals surface area (Å²) in [5.41, 5.74) is 1.22. The average molecular weight is 286 g/mol. The first-order valence-corrected chi connectivity index (χ1v) is 6.78. The van der Waals surface area contributed by atoms with Gasteiger partial charge in [0.05, 0.1) is 17.6 Å². The molecule has 0 aliphatic rings. The number of rotatable bonds is 5. The Morgan fingerprint density at radius 3 is 2.67 bits per heavy atom. The molecule has 2 rings (SSSR count). The first kappa shape index (κ1) is 14.8. The Morgan fingerprint density at radius 2 is 1.95 bits per heavy atom. The van der Waals surface area contributed by atoms with E-state index in [0.717, 1.165) is 10.9 Å². The zero-order valence-electron chi connectivity index (χ0n) is 12.1. The second-order valence-electron chi connectivity index (χ2n) is 4.46. The number of hydrogen-bond acceptors (Lipinski definition) is 4. The zero-order valence-corrected chi connectivity index (χ0v) is 12.1. The van der Waals surface area contributed by atoms with E-state index in [0.29, 0.717) is 17.9 Å². The normalized spacial score (nSPS) is 10.2. The highest BCUT2D eigenvalue weighted by molar-refractivity contribution is 6.07. The monoisotopic (exact) mass is 286 g/mol. The van der Waals surface area contributed by atoms with Crippen LogP contribution in [0, 0.1) is 0 Å². The van der Waals surface area contributed by atoms with Crippen LogP contribution in [0.3, 0.4) is 0 Å². The molecule has 1 aromatic heterocycles. The summed E-state index contributed by atoms with van der Waals surface area (Å²) in [7, 11) is 1.74. The minimum atomic E-state index is -0.295. The molecule has 6 heteroatoms. The lowest BCUT2D eigenvalue weighted by Gasteiger charge is -2.10. The highest BCUT2D eigenvalue weighted by Crippen LogP contribution is 2.20. The number of hydrogen-bond donors (Lipinski definition) is 3. The summed E-state index contributed by atoms with van der Waals surface area (Å²) in [4.78, 5) is 28.1. The van der Waals surface area contributed by atoms with Gasteiger partial charge in [-0.3, -0.25) is 9.59 Å². The van der Waals surface area contributed by atoms with Crippen LogP contribution in [0.4, 0.5) is 5.82 Å². The lowest BCUT2D eigenvalue weighted by molar-refractivity contribution is -0.120. The fourth-order valence-electron chi connectivity index (χ4n) is 2.01. The van der Waals surface area contributed by atoms with Gasteiger partial charge in [0.1, 0.15) is 5.82 Å². The van der Waals surface area contributed by atoms with Crippen molar-refractivity contribution in [2.24, 2.45) is 0 Å². The van der Waals surface area contributed by atoms with Crippen LogP contribution in [0.1, 0.15) is 17.3 Å². The molecule has 21 heavy (non-hydrogen) atoms. The molecule has 1 heterocycles. The molecule has 6 nitrogen and oxygen atoms in total. The minimum Gasteiger partial charge on any atom is -0.373 e. The van der Waals surface area contributed by atoms with E-state index in [9.17, 15) is 9.59 Å². The van der Waals surface area contributed by atoms with Gasteiger partial charge in [0.25, 0.3) is 5.91 Å². The van der Waals surface area contributed by atoms with Gasteiger partial charge in [0.2, 0.25) is 5.91 Å². The van der Waals surface area contributed by atoms with Crippen molar-refractivity contribution in [1.29, 1.82) is 0 Å². The first-order chi connectivity index (χ1) is 10.2. The van der Waals surface area contributed by atoms with Crippen LogP contribution in [-0.4, -0.2) is 36.9 Å². The number of nitrogens with zero attached hydrogens (tertiary/aromatic N) is 1. The summed E-state index contributed by atoms with van der Waals surface area (Å²) in [5.74, 6) is 0.103. The fourth-order valence-corrected chi connectivity index (χ4v) is 2.01. The Labute approximate surface area is 122 Å². The third-order valence-corrected chi connectivity index (χ3v) is 3.00. The van der Waals surface area contributed by atoms with Gasteiger partial charge in [-0.15, -0.1) is 0 Å². The quantitative estimate of drug-likeness (QED) is 0.770. The summed E-state index contributed by atoms with van der Waals surface area (Å²) in [6.45, 7) is 2.32. The highest BCUT2D eigenvalue weighted by Gasteiger charge is 2.13. The van der Waals surface area contributed by atoms with Gasteiger partial charge < -0.3 is 16.0 Å². The molecular formula is C15H18N4O2. The summed E-state index contributed by atoms with van der Waals surface area (Å²) >= 11 is 0. The van der Waals surface area contributed by atoms with Gasteiger partial charge in [-0.1, -0.05) is 18.2 Å². The average Bonchev–Trinajstić information content (AvgIpc) is 2.51. The molecule has 0 saturated heterocycles. The van der Waals surface area contributed by atoms with Gasteiger partial charge in [0.15, 0.2) is 0 Å². The topological polar surface area (TPSA) is 83.1 Å². The Kier molecular flexibility index (Phi) is 4.71. The molecule has 0 atom stereocenters. The van der Waals surface area contributed by atoms with Crippen LogP contribution < -0.4 is 16.0 Å². The number of pyridine rings is 1. The molecule has 0 unspecified atom stereocenters. The van der Waals surface area contributed by atoms with Crippen LogP contribution in [0.15, 0.2) is 30.3 Å². The number of likely N-dealkylation sites (N-methyl/N-ethyl adjacent to an activating group) is 1. The van der Waals surface area contributed by atoms with Crippen molar-refractivity contribution in [3.05, 3.63) is 35.9 Å². The summed E-state index contributed by atoms with van der Waals surface area (Å²) < 4.78 is 0. The lowest BCUT2D eigenvalue weighted by atomic mass is 10.1. The Hall–Kier alpha value is -2.63. The van der Waals surface area contributed by atoms with E-state index in [4.69, 9.17) is 0 Å². The molecule has 0 aliphatic carbocycles. The smallest absolute Gasteiger partial charge is 0.252 e. The highest BCUT2D eigenvalue weighted by atomic mass is 16.2. The van der Waals surface area contributed by atoms with E-state index in [2.05, 4.69) is 20.9 Å². The van der Waals surface area contributed by atoms with E-state index in [1.807, 2.05) is 31.2 Å². The molecule has 3 N–H and O–H groups in total. The van der Waals surface area contributed by atoms with E-state index >= 15 is 0 Å². The molecule has 0 bridgehead atoms. The van der Waals surface area contributed by atoms with E-state index in [1.165, 1.54) is 0 Å². The van der Waals surface area contributed by atoms with Crippen LogP contribution in [0.2, 0.25) is 0 Å². The molecule has 1 aromatic carbocycles. The number of anilines is 1. The number of nitrogens with one attached hydrogen (secondary N) is 3. The van der Waals surface area contributed by atoms with Crippen molar-refractivity contribution < 1.29 is 9.59 Å². The zero-order chi connectivity index (χ0) is 15.2. The maximum Gasteiger partial charge on any atom is 0.252 e. The van der Waals surface area contributed by atoms with Crippen LogP contribution >= 0.6 is 0 Å². The minimum absolute atomic E-state index is 0.0434. The lowest BCUT2D eigenvalue weighted by Crippen LogP contribution is -2.36. The molecule has 2 aromatic rings. The van der Waals surface area contributed by atoms with E-state index < -0.39 is 0 Å². The molecular weight excluding hydrogens is 268 g/mol. The van der Waals surface area contributed by atoms with Crippen molar-refractivity contribution in [3.63, 3.8) is 0 Å². The molecule has 0 fully saturated rings. The SMILES string of the molecule is CCNC(=O)CNC(=O)c1cc(NC)nc2ccccc12. The summed E-state index contributed by atoms with van der Waals surface area (Å²) in [6, 6.07) is 9.07. The Balaban J connectivity index is 2.27. The summed E-state index contributed by atoms with van der Waals surface area (Å²) in [6.07, 6.45) is 0. The predicted molar refractivity (Wildman–Crippen MR) is 82.3 cm³/mol. The van der Waals surface area contributed by atoms with Gasteiger partial charge in [-0.05, 0) is 19.1 Å². The standard InChI is InChI=1S/C15H18N4O2/c1-3-17-14(20)9-18-15(21)11-8-13(16-2)19-12-7-5-4-6-10(11)12/h4-8H,3,9H2,1-2H3,(H,16,19)(H,17,20)(H,18,21). The second kappa shape index (κ2) is 6.69. The van der Waals surface area contributed by atoms with Crippen molar-refractivity contribution >= 4 is 28.5 Å². The number of para-hydroxylation sites is 1. The van der Waals surface area contributed by atoms with Gasteiger partial charge >= 0.3 is 0 Å². The van der Waals surface area contributed by atoms with Gasteiger partial charge in [-0.25, -0.2) is 4.98 Å². The largest absolute Gasteiger partial charge is 0.373 e. The second-order valence-corrected chi connectivity index (χ2v) is 4.46. The number of aromatic nitrogens is 1. The van der Waals surface area contributed by atoms with Crippen molar-refractivity contribution in [2.75, 3.05) is 25.5 Å². The molecule has 0 saturated carbocycles. The van der Waals surface area contributed by atoms with Gasteiger partial charge in [-0.2, -0.15) is 0 Å². The maximum absolute atomic E-state index is 12.3. The maximum atomic E-state index is 12.3. The third kappa shape index (κ3) is 3.47. The van der Waals surface area contributed by atoms with Crippen LogP contribution in [0.25, 0.3) is 10.9 Å². The number of amides is 2. The Morgan fingerprint density at radius 1 is 1.19 bits per heavy atom. The van der Waals surface area contributed by atoms with Gasteiger partial charge in [0, 0.05) is 19.0 Å². The van der Waals surface area contributed by atoms with Crippen molar-refractivity contribution in [3.8, 4) is 0 Å². The molecule has 0 aliphatic heterocycles. The number of benzene rings is 1. The van der Waals surface area contributed by atoms with E-state index in [-0.39, 0.29) is 18.4 Å². The van der Waals surface area contributed by atoms with Crippen molar-refractivity contribution in [2.45, 2.75) is 6.92 Å². The van der Waals surface area contributed by atoms with E-state index in [1.54, 1.807) is 13.1 Å².